The largest absolute Gasteiger partial charge is 0.332 e. The minimum atomic E-state index is 0.745. The highest BCUT2D eigenvalue weighted by Crippen LogP contribution is 2.30. The first-order valence-corrected chi connectivity index (χ1v) is 7.21. The van der Waals surface area contributed by atoms with Gasteiger partial charge in [0, 0.05) is 10.7 Å². The summed E-state index contributed by atoms with van der Waals surface area (Å²) in [6.07, 6.45) is 0. The Kier molecular flexibility index (Phi) is 3.17. The molecule has 0 amide bonds. The van der Waals surface area contributed by atoms with E-state index in [2.05, 4.69) is 42.3 Å². The Morgan fingerprint density at radius 2 is 1.79 bits per heavy atom. The quantitative estimate of drug-likeness (QED) is 0.691. The van der Waals surface area contributed by atoms with Gasteiger partial charge in [-0.2, -0.15) is 0 Å². The molecule has 0 unspecified atom stereocenters. The number of fused-ring (bicyclic) bond motifs is 1. The second-order valence-electron chi connectivity index (χ2n) is 4.63. The fraction of sp³-hybridized carbons (Fsp3) is 0.133. The molecule has 19 heavy (non-hydrogen) atoms. The third-order valence-electron chi connectivity index (χ3n) is 2.82. The summed E-state index contributed by atoms with van der Waals surface area (Å²) in [5, 5.41) is 4.99. The second-order valence-corrected chi connectivity index (χ2v) is 6.10. The molecule has 0 spiro atoms. The van der Waals surface area contributed by atoms with E-state index in [1.54, 1.807) is 11.3 Å². The minimum absolute atomic E-state index is 0.745. The average molecular weight is 289 g/mol. The number of hydrogen-bond acceptors (Lipinski definition) is 3. The van der Waals surface area contributed by atoms with Gasteiger partial charge in [-0.05, 0) is 55.3 Å². The maximum Gasteiger partial charge on any atom is 0.188 e. The van der Waals surface area contributed by atoms with Gasteiger partial charge in [0.2, 0.25) is 0 Å². The zero-order valence-corrected chi connectivity index (χ0v) is 12.3. The first kappa shape index (κ1) is 12.5. The first-order valence-electron chi connectivity index (χ1n) is 6.01. The Balaban J connectivity index is 1.96. The third kappa shape index (κ3) is 2.72. The molecule has 0 saturated carbocycles. The lowest BCUT2D eigenvalue weighted by Gasteiger charge is -2.05. The maximum absolute atomic E-state index is 5.99. The number of aryl methyl sites for hydroxylation is 2. The molecule has 2 aromatic carbocycles. The van der Waals surface area contributed by atoms with Gasteiger partial charge >= 0.3 is 0 Å². The third-order valence-corrected chi connectivity index (χ3v) is 3.99. The van der Waals surface area contributed by atoms with Crippen molar-refractivity contribution < 1.29 is 0 Å². The molecule has 96 valence electrons. The Bertz CT molecular complexity index is 729. The summed E-state index contributed by atoms with van der Waals surface area (Å²) < 4.78 is 1.10. The Labute approximate surface area is 121 Å². The summed E-state index contributed by atoms with van der Waals surface area (Å²) in [4.78, 5) is 4.56. The van der Waals surface area contributed by atoms with Gasteiger partial charge in [0.1, 0.15) is 0 Å². The standard InChI is InChI=1S/C15H13ClN2S/c1-9-5-10(2)7-12(6-9)17-15-18-13-4-3-11(16)8-14(13)19-15/h3-8H,1-2H3,(H,17,18). The van der Waals surface area contributed by atoms with Crippen molar-refractivity contribution in [2.75, 3.05) is 5.32 Å². The predicted molar refractivity (Wildman–Crippen MR) is 83.8 cm³/mol. The maximum atomic E-state index is 5.99. The summed E-state index contributed by atoms with van der Waals surface area (Å²) in [5.41, 5.74) is 4.53. The Morgan fingerprint density at radius 1 is 1.05 bits per heavy atom. The topological polar surface area (TPSA) is 24.9 Å². The highest BCUT2D eigenvalue weighted by atomic mass is 35.5. The van der Waals surface area contributed by atoms with Crippen molar-refractivity contribution in [3.63, 3.8) is 0 Å². The van der Waals surface area contributed by atoms with E-state index in [9.17, 15) is 0 Å². The highest BCUT2D eigenvalue weighted by Gasteiger charge is 2.05. The molecule has 4 heteroatoms. The smallest absolute Gasteiger partial charge is 0.188 e. The highest BCUT2D eigenvalue weighted by molar-refractivity contribution is 7.22. The van der Waals surface area contributed by atoms with E-state index in [0.29, 0.717) is 0 Å². The molecule has 0 fully saturated rings. The van der Waals surface area contributed by atoms with Crippen molar-refractivity contribution in [2.45, 2.75) is 13.8 Å². The van der Waals surface area contributed by atoms with Crippen LogP contribution in [0.4, 0.5) is 10.8 Å². The van der Waals surface area contributed by atoms with Crippen molar-refractivity contribution in [2.24, 2.45) is 0 Å². The van der Waals surface area contributed by atoms with Gasteiger partial charge in [0.05, 0.1) is 10.2 Å². The van der Waals surface area contributed by atoms with E-state index in [-0.39, 0.29) is 0 Å². The lowest BCUT2D eigenvalue weighted by Crippen LogP contribution is -1.90. The average Bonchev–Trinajstić information content (AvgIpc) is 2.68. The van der Waals surface area contributed by atoms with Crippen LogP contribution in [-0.4, -0.2) is 4.98 Å². The fourth-order valence-corrected chi connectivity index (χ4v) is 3.28. The molecule has 0 aliphatic carbocycles. The zero-order chi connectivity index (χ0) is 13.4. The number of thiazole rings is 1. The minimum Gasteiger partial charge on any atom is -0.332 e. The molecule has 0 radical (unpaired) electrons. The molecule has 0 saturated heterocycles. The molecule has 1 N–H and O–H groups in total. The zero-order valence-electron chi connectivity index (χ0n) is 10.7. The van der Waals surface area contributed by atoms with Crippen LogP contribution in [0.25, 0.3) is 10.2 Å². The summed E-state index contributed by atoms with van der Waals surface area (Å²) >= 11 is 7.60. The molecule has 1 aromatic heterocycles. The molecular weight excluding hydrogens is 276 g/mol. The number of hydrogen-bond donors (Lipinski definition) is 1. The lowest BCUT2D eigenvalue weighted by atomic mass is 10.1. The van der Waals surface area contributed by atoms with Gasteiger partial charge in [0.15, 0.2) is 5.13 Å². The van der Waals surface area contributed by atoms with Crippen LogP contribution in [0.1, 0.15) is 11.1 Å². The predicted octanol–water partition coefficient (Wildman–Crippen LogP) is 5.31. The molecule has 3 rings (SSSR count). The van der Waals surface area contributed by atoms with Crippen LogP contribution in [0.15, 0.2) is 36.4 Å². The van der Waals surface area contributed by atoms with Crippen molar-refractivity contribution in [3.8, 4) is 0 Å². The molecule has 3 aromatic rings. The van der Waals surface area contributed by atoms with Gasteiger partial charge in [-0.25, -0.2) is 4.98 Å². The van der Waals surface area contributed by atoms with Gasteiger partial charge in [-0.1, -0.05) is 29.0 Å². The van der Waals surface area contributed by atoms with Crippen LogP contribution in [0.3, 0.4) is 0 Å². The molecule has 0 bridgehead atoms. The molecule has 1 heterocycles. The van der Waals surface area contributed by atoms with Crippen molar-refractivity contribution in [3.05, 3.63) is 52.5 Å². The van der Waals surface area contributed by atoms with Crippen molar-refractivity contribution in [1.29, 1.82) is 0 Å². The molecule has 0 aliphatic rings. The van der Waals surface area contributed by atoms with E-state index < -0.39 is 0 Å². The summed E-state index contributed by atoms with van der Waals surface area (Å²) in [6.45, 7) is 4.19. The summed E-state index contributed by atoms with van der Waals surface area (Å²) in [5.74, 6) is 0. The van der Waals surface area contributed by atoms with Crippen LogP contribution < -0.4 is 5.32 Å². The Hall–Kier alpha value is -1.58. The monoisotopic (exact) mass is 288 g/mol. The van der Waals surface area contributed by atoms with Crippen LogP contribution in [-0.2, 0) is 0 Å². The number of anilines is 2. The van der Waals surface area contributed by atoms with Crippen LogP contribution in [0.5, 0.6) is 0 Å². The van der Waals surface area contributed by atoms with E-state index >= 15 is 0 Å². The van der Waals surface area contributed by atoms with Gasteiger partial charge in [0.25, 0.3) is 0 Å². The van der Waals surface area contributed by atoms with Gasteiger partial charge < -0.3 is 5.32 Å². The van der Waals surface area contributed by atoms with Crippen molar-refractivity contribution in [1.82, 2.24) is 4.98 Å². The van der Waals surface area contributed by atoms with Gasteiger partial charge in [-0.3, -0.25) is 0 Å². The number of benzene rings is 2. The number of rotatable bonds is 2. The lowest BCUT2D eigenvalue weighted by molar-refractivity contribution is 1.36. The molecular formula is C15H13ClN2S. The first-order chi connectivity index (χ1) is 9.10. The van der Waals surface area contributed by atoms with Crippen LogP contribution in [0, 0.1) is 13.8 Å². The number of nitrogens with one attached hydrogen (secondary N) is 1. The molecule has 0 atom stereocenters. The SMILES string of the molecule is Cc1cc(C)cc(Nc2nc3ccc(Cl)cc3s2)c1. The van der Waals surface area contributed by atoms with E-state index in [1.165, 1.54) is 11.1 Å². The second kappa shape index (κ2) is 4.83. The van der Waals surface area contributed by atoms with Gasteiger partial charge in [-0.15, -0.1) is 0 Å². The van der Waals surface area contributed by atoms with Crippen molar-refractivity contribution >= 4 is 44.0 Å². The summed E-state index contributed by atoms with van der Waals surface area (Å²) in [7, 11) is 0. The normalized spacial score (nSPS) is 10.9. The fourth-order valence-electron chi connectivity index (χ4n) is 2.12. The van der Waals surface area contributed by atoms with E-state index in [0.717, 1.165) is 26.1 Å². The number of nitrogens with zero attached hydrogens (tertiary/aromatic N) is 1. The number of halogens is 1. The van der Waals surface area contributed by atoms with Crippen LogP contribution in [0.2, 0.25) is 5.02 Å². The van der Waals surface area contributed by atoms with Crippen LogP contribution >= 0.6 is 22.9 Å². The molecule has 0 aliphatic heterocycles. The summed E-state index contributed by atoms with van der Waals surface area (Å²) in [6, 6.07) is 12.1. The van der Waals surface area contributed by atoms with E-state index in [1.807, 2.05) is 18.2 Å². The Morgan fingerprint density at radius 3 is 2.53 bits per heavy atom. The van der Waals surface area contributed by atoms with E-state index in [4.69, 9.17) is 11.6 Å². The molecule has 2 nitrogen and oxygen atoms in total. The number of aromatic nitrogens is 1.